The number of anilines is 3. The summed E-state index contributed by atoms with van der Waals surface area (Å²) in [4.78, 5) is 1.82. The van der Waals surface area contributed by atoms with E-state index >= 15 is 0 Å². The largest absolute Gasteiger partial charge is 0.508 e. The van der Waals surface area contributed by atoms with Gasteiger partial charge in [0.05, 0.1) is 11.4 Å². The van der Waals surface area contributed by atoms with Gasteiger partial charge in [-0.2, -0.15) is 0 Å². The molecule has 0 unspecified atom stereocenters. The molecule has 0 radical (unpaired) electrons. The van der Waals surface area contributed by atoms with E-state index in [4.69, 9.17) is 4.74 Å². The fourth-order valence-corrected chi connectivity index (χ4v) is 3.71. The van der Waals surface area contributed by atoms with Crippen LogP contribution in [0.1, 0.15) is 22.3 Å². The first-order chi connectivity index (χ1) is 15.7. The van der Waals surface area contributed by atoms with Crippen LogP contribution in [0.5, 0.6) is 28.7 Å². The summed E-state index contributed by atoms with van der Waals surface area (Å²) < 4.78 is 6.05. The number of nitrogens with zero attached hydrogens (tertiary/aromatic N) is 1. The molecule has 0 aliphatic heterocycles. The van der Waals surface area contributed by atoms with Crippen LogP contribution in [0.3, 0.4) is 0 Å². The summed E-state index contributed by atoms with van der Waals surface area (Å²) in [7, 11) is 0. The number of hydrogen-bond donors (Lipinski definition) is 3. The quantitative estimate of drug-likeness (QED) is 0.303. The van der Waals surface area contributed by atoms with Gasteiger partial charge in [-0.15, -0.1) is 0 Å². The lowest BCUT2D eigenvalue weighted by atomic mass is 10.1. The summed E-state index contributed by atoms with van der Waals surface area (Å²) in [6.07, 6.45) is 0. The van der Waals surface area contributed by atoms with Gasteiger partial charge in [0, 0.05) is 5.69 Å². The molecule has 3 N–H and O–H groups in total. The molecule has 0 fully saturated rings. The van der Waals surface area contributed by atoms with E-state index in [0.717, 1.165) is 27.9 Å². The minimum absolute atomic E-state index is 0.108. The fraction of sp³-hybridized carbons (Fsp3) is 0.143. The van der Waals surface area contributed by atoms with Crippen LogP contribution >= 0.6 is 0 Å². The maximum Gasteiger partial charge on any atom is 0.139 e. The third-order valence-electron chi connectivity index (χ3n) is 5.56. The Morgan fingerprint density at radius 2 is 1.12 bits per heavy atom. The van der Waals surface area contributed by atoms with E-state index in [1.165, 1.54) is 0 Å². The third kappa shape index (κ3) is 4.58. The normalized spacial score (nSPS) is 10.8. The van der Waals surface area contributed by atoms with Crippen LogP contribution in [0.2, 0.25) is 0 Å². The zero-order valence-electron chi connectivity index (χ0n) is 19.1. The Morgan fingerprint density at radius 1 is 0.576 bits per heavy atom. The molecule has 5 nitrogen and oxygen atoms in total. The maximum atomic E-state index is 10.6. The molecule has 0 saturated heterocycles. The van der Waals surface area contributed by atoms with Gasteiger partial charge in [-0.1, -0.05) is 12.1 Å². The van der Waals surface area contributed by atoms with Crippen LogP contribution in [-0.2, 0) is 0 Å². The van der Waals surface area contributed by atoms with Crippen LogP contribution in [0, 0.1) is 27.7 Å². The lowest BCUT2D eigenvalue weighted by Gasteiger charge is -2.27. The van der Waals surface area contributed by atoms with Crippen molar-refractivity contribution in [2.75, 3.05) is 4.90 Å². The number of phenolic OH excluding ortho intramolecular Hbond substituents is 3. The summed E-state index contributed by atoms with van der Waals surface area (Å²) in [6.45, 7) is 7.61. The molecule has 0 atom stereocenters. The molecule has 0 heterocycles. The molecule has 0 bridgehead atoms. The highest BCUT2D eigenvalue weighted by Crippen LogP contribution is 2.44. The Morgan fingerprint density at radius 3 is 1.67 bits per heavy atom. The Labute approximate surface area is 193 Å². The highest BCUT2D eigenvalue weighted by atomic mass is 16.5. The number of aryl methyl sites for hydroxylation is 4. The standard InChI is InChI=1S/C28H27NO4/c1-17-5-11-25(30)23(13-17)29(24-14-18(2)6-12-26(24)31)21-7-9-22(10-8-21)33-28-16-19(3)27(32)15-20(28)4/h5-16,30-32H,1-4H3. The first-order valence-electron chi connectivity index (χ1n) is 10.7. The molecule has 4 aromatic rings. The van der Waals surface area contributed by atoms with Gasteiger partial charge < -0.3 is 25.0 Å². The zero-order chi connectivity index (χ0) is 23.7. The molecule has 4 aromatic carbocycles. The van der Waals surface area contributed by atoms with Crippen molar-refractivity contribution in [2.45, 2.75) is 27.7 Å². The molecular weight excluding hydrogens is 414 g/mol. The second-order valence-electron chi connectivity index (χ2n) is 8.32. The Kier molecular flexibility index (Phi) is 5.88. The number of hydrogen-bond acceptors (Lipinski definition) is 5. The molecule has 33 heavy (non-hydrogen) atoms. The Hall–Kier alpha value is -4.12. The van der Waals surface area contributed by atoms with Crippen LogP contribution in [0.25, 0.3) is 0 Å². The lowest BCUT2D eigenvalue weighted by molar-refractivity contribution is 0.458. The van der Waals surface area contributed by atoms with Gasteiger partial charge in [0.2, 0.25) is 0 Å². The van der Waals surface area contributed by atoms with Crippen LogP contribution < -0.4 is 9.64 Å². The molecule has 0 aliphatic carbocycles. The number of phenols is 3. The average Bonchev–Trinajstić information content (AvgIpc) is 2.78. The van der Waals surface area contributed by atoms with E-state index in [9.17, 15) is 15.3 Å². The molecule has 168 valence electrons. The van der Waals surface area contributed by atoms with E-state index in [2.05, 4.69) is 0 Å². The molecule has 4 rings (SSSR count). The predicted molar refractivity (Wildman–Crippen MR) is 132 cm³/mol. The van der Waals surface area contributed by atoms with Crippen molar-refractivity contribution in [1.82, 2.24) is 0 Å². The van der Waals surface area contributed by atoms with Crippen molar-refractivity contribution in [3.05, 3.63) is 95.1 Å². The van der Waals surface area contributed by atoms with E-state index in [1.54, 1.807) is 24.3 Å². The van der Waals surface area contributed by atoms with Crippen molar-refractivity contribution >= 4 is 17.1 Å². The molecular formula is C28H27NO4. The number of benzene rings is 4. The fourth-order valence-electron chi connectivity index (χ4n) is 3.71. The molecule has 5 heteroatoms. The van der Waals surface area contributed by atoms with Gasteiger partial charge in [0.15, 0.2) is 0 Å². The minimum atomic E-state index is 0.108. The zero-order valence-corrected chi connectivity index (χ0v) is 19.1. The predicted octanol–water partition coefficient (Wildman–Crippen LogP) is 7.30. The van der Waals surface area contributed by atoms with E-state index in [0.29, 0.717) is 22.9 Å². The number of aromatic hydroxyl groups is 3. The topological polar surface area (TPSA) is 73.2 Å². The third-order valence-corrected chi connectivity index (χ3v) is 5.56. The highest BCUT2D eigenvalue weighted by molar-refractivity contribution is 5.83. The van der Waals surface area contributed by atoms with Crippen molar-refractivity contribution < 1.29 is 20.1 Å². The van der Waals surface area contributed by atoms with Crippen molar-refractivity contribution in [2.24, 2.45) is 0 Å². The average molecular weight is 442 g/mol. The summed E-state index contributed by atoms with van der Waals surface area (Å²) in [6, 6.07) is 21.7. The minimum Gasteiger partial charge on any atom is -0.508 e. The number of ether oxygens (including phenoxy) is 1. The lowest BCUT2D eigenvalue weighted by Crippen LogP contribution is -2.11. The van der Waals surface area contributed by atoms with Crippen molar-refractivity contribution in [1.29, 1.82) is 0 Å². The maximum absolute atomic E-state index is 10.6. The van der Waals surface area contributed by atoms with Crippen LogP contribution in [0.4, 0.5) is 17.1 Å². The number of rotatable bonds is 5. The molecule has 0 aliphatic rings. The van der Waals surface area contributed by atoms with Crippen LogP contribution in [-0.4, -0.2) is 15.3 Å². The second kappa shape index (κ2) is 8.79. The summed E-state index contributed by atoms with van der Waals surface area (Å²) in [5, 5.41) is 31.2. The summed E-state index contributed by atoms with van der Waals surface area (Å²) in [5.41, 5.74) is 5.42. The summed E-state index contributed by atoms with van der Waals surface area (Å²) in [5.74, 6) is 1.76. The van der Waals surface area contributed by atoms with Gasteiger partial charge >= 0.3 is 0 Å². The van der Waals surface area contributed by atoms with Crippen molar-refractivity contribution in [3.8, 4) is 28.7 Å². The van der Waals surface area contributed by atoms with E-state index in [1.807, 2.05) is 81.1 Å². The monoisotopic (exact) mass is 441 g/mol. The van der Waals surface area contributed by atoms with Gasteiger partial charge in [-0.05, 0) is 111 Å². The Bertz CT molecular complexity index is 1260. The van der Waals surface area contributed by atoms with Crippen LogP contribution in [0.15, 0.2) is 72.8 Å². The second-order valence-corrected chi connectivity index (χ2v) is 8.32. The first-order valence-corrected chi connectivity index (χ1v) is 10.7. The molecule has 0 amide bonds. The smallest absolute Gasteiger partial charge is 0.139 e. The van der Waals surface area contributed by atoms with E-state index < -0.39 is 0 Å². The molecule has 0 spiro atoms. The van der Waals surface area contributed by atoms with Gasteiger partial charge in [-0.25, -0.2) is 0 Å². The van der Waals surface area contributed by atoms with Crippen molar-refractivity contribution in [3.63, 3.8) is 0 Å². The summed E-state index contributed by atoms with van der Waals surface area (Å²) >= 11 is 0. The van der Waals surface area contributed by atoms with Gasteiger partial charge in [0.1, 0.15) is 28.7 Å². The van der Waals surface area contributed by atoms with Gasteiger partial charge in [-0.3, -0.25) is 0 Å². The Balaban J connectivity index is 1.76. The van der Waals surface area contributed by atoms with E-state index in [-0.39, 0.29) is 17.2 Å². The first kappa shape index (κ1) is 22.1. The SMILES string of the molecule is Cc1ccc(O)c(N(c2ccc(Oc3cc(C)c(O)cc3C)cc2)c2cc(C)ccc2O)c1. The molecule has 0 aromatic heterocycles. The molecule has 0 saturated carbocycles. The van der Waals surface area contributed by atoms with Gasteiger partial charge in [0.25, 0.3) is 0 Å². The highest BCUT2D eigenvalue weighted by Gasteiger charge is 2.20.